The highest BCUT2D eigenvalue weighted by Crippen LogP contribution is 2.34. The topological polar surface area (TPSA) is 78.0 Å². The first-order valence-corrected chi connectivity index (χ1v) is 9.01. The molecule has 1 aliphatic heterocycles. The lowest BCUT2D eigenvalue weighted by atomic mass is 9.85. The molecule has 130 valence electrons. The van der Waals surface area contributed by atoms with Crippen LogP contribution in [0.4, 0.5) is 6.01 Å². The summed E-state index contributed by atoms with van der Waals surface area (Å²) in [5.41, 5.74) is 2.45. The molecule has 3 heterocycles. The highest BCUT2D eigenvalue weighted by molar-refractivity contribution is 5.27. The molecule has 0 radical (unpaired) electrons. The predicted molar refractivity (Wildman–Crippen MR) is 88.6 cm³/mol. The Balaban J connectivity index is 1.42. The fraction of sp³-hybridized carbons (Fsp3) is 0.706. The van der Waals surface area contributed by atoms with Gasteiger partial charge in [-0.15, -0.1) is 5.10 Å². The minimum atomic E-state index is -0.0377. The number of hydrogen-bond acceptors (Lipinski definition) is 6. The van der Waals surface area contributed by atoms with Gasteiger partial charge in [0.1, 0.15) is 6.10 Å². The minimum Gasteiger partial charge on any atom is -0.405 e. The molecule has 1 atom stereocenters. The van der Waals surface area contributed by atoms with E-state index < -0.39 is 0 Å². The maximum atomic E-state index is 5.70. The van der Waals surface area contributed by atoms with Crippen LogP contribution in [0.2, 0.25) is 0 Å². The first-order valence-electron chi connectivity index (χ1n) is 9.01. The quantitative estimate of drug-likeness (QED) is 0.905. The van der Waals surface area contributed by atoms with E-state index in [1.807, 2.05) is 11.7 Å². The fourth-order valence-corrected chi connectivity index (χ4v) is 3.79. The molecule has 1 N–H and O–H groups in total. The molecule has 0 bridgehead atoms. The molecule has 7 nitrogen and oxygen atoms in total. The van der Waals surface area contributed by atoms with E-state index in [0.717, 1.165) is 19.4 Å². The molecule has 0 spiro atoms. The Morgan fingerprint density at radius 3 is 2.83 bits per heavy atom. The highest BCUT2D eigenvalue weighted by atomic mass is 16.5. The van der Waals surface area contributed by atoms with E-state index in [9.17, 15) is 0 Å². The molecule has 1 saturated heterocycles. The second-order valence-corrected chi connectivity index (χ2v) is 6.85. The molecule has 0 amide bonds. The maximum Gasteiger partial charge on any atom is 0.315 e. The predicted octanol–water partition coefficient (Wildman–Crippen LogP) is 3.31. The number of anilines is 1. The number of hydrogen-bond donors (Lipinski definition) is 1. The summed E-state index contributed by atoms with van der Waals surface area (Å²) in [5, 5.41) is 16.1. The third kappa shape index (κ3) is 3.31. The number of aromatic nitrogens is 4. The fourth-order valence-electron chi connectivity index (χ4n) is 3.79. The summed E-state index contributed by atoms with van der Waals surface area (Å²) in [5.74, 6) is 1.16. The summed E-state index contributed by atoms with van der Waals surface area (Å²) >= 11 is 0. The smallest absolute Gasteiger partial charge is 0.315 e. The van der Waals surface area contributed by atoms with Gasteiger partial charge in [0.05, 0.1) is 5.69 Å². The standard InChI is InChI=1S/C17H25N5O2/c1-22-11-13(15(21-22)12-6-3-2-4-7-12)10-18-17-20-19-16(24-17)14-8-5-9-23-14/h11-12,14H,2-10H2,1H3,(H,18,20). The number of aryl methyl sites for hydroxylation is 1. The lowest BCUT2D eigenvalue weighted by molar-refractivity contribution is 0.0897. The van der Waals surface area contributed by atoms with Crippen LogP contribution in [0.15, 0.2) is 10.6 Å². The summed E-state index contributed by atoms with van der Waals surface area (Å²) in [6.07, 6.45) is 10.5. The van der Waals surface area contributed by atoms with Gasteiger partial charge in [-0.05, 0) is 25.7 Å². The summed E-state index contributed by atoms with van der Waals surface area (Å²) in [6, 6.07) is 0.457. The van der Waals surface area contributed by atoms with Crippen LogP contribution in [0.25, 0.3) is 0 Å². The molecule has 2 aromatic heterocycles. The maximum absolute atomic E-state index is 5.70. The van der Waals surface area contributed by atoms with E-state index in [1.165, 1.54) is 43.4 Å². The van der Waals surface area contributed by atoms with Gasteiger partial charge in [0.15, 0.2) is 0 Å². The highest BCUT2D eigenvalue weighted by Gasteiger charge is 2.24. The van der Waals surface area contributed by atoms with Crippen molar-refractivity contribution in [3.8, 4) is 0 Å². The number of nitrogens with zero attached hydrogens (tertiary/aromatic N) is 4. The molecule has 2 aromatic rings. The van der Waals surface area contributed by atoms with E-state index in [-0.39, 0.29) is 6.10 Å². The van der Waals surface area contributed by atoms with Crippen LogP contribution >= 0.6 is 0 Å². The average Bonchev–Trinajstić information content (AvgIpc) is 3.34. The Labute approximate surface area is 141 Å². The number of rotatable bonds is 5. The zero-order chi connectivity index (χ0) is 16.4. The second-order valence-electron chi connectivity index (χ2n) is 6.85. The van der Waals surface area contributed by atoms with Crippen molar-refractivity contribution in [1.82, 2.24) is 20.0 Å². The third-order valence-corrected chi connectivity index (χ3v) is 5.00. The van der Waals surface area contributed by atoms with Crippen molar-refractivity contribution in [2.45, 2.75) is 63.5 Å². The largest absolute Gasteiger partial charge is 0.405 e. The van der Waals surface area contributed by atoms with Crippen LogP contribution in [0.3, 0.4) is 0 Å². The molecular weight excluding hydrogens is 306 g/mol. The minimum absolute atomic E-state index is 0.0377. The Hall–Kier alpha value is -1.89. The van der Waals surface area contributed by atoms with Crippen molar-refractivity contribution in [3.05, 3.63) is 23.3 Å². The molecule has 0 aromatic carbocycles. The summed E-state index contributed by atoms with van der Waals surface area (Å²) < 4.78 is 13.2. The molecule has 2 fully saturated rings. The summed E-state index contributed by atoms with van der Waals surface area (Å²) in [6.45, 7) is 1.43. The lowest BCUT2D eigenvalue weighted by Crippen LogP contribution is -2.09. The van der Waals surface area contributed by atoms with Crippen molar-refractivity contribution in [2.75, 3.05) is 11.9 Å². The molecule has 4 rings (SSSR count). The van der Waals surface area contributed by atoms with Crippen molar-refractivity contribution >= 4 is 6.01 Å². The molecule has 2 aliphatic rings. The Morgan fingerprint density at radius 1 is 1.17 bits per heavy atom. The van der Waals surface area contributed by atoms with Crippen molar-refractivity contribution in [2.24, 2.45) is 7.05 Å². The van der Waals surface area contributed by atoms with Crippen molar-refractivity contribution in [3.63, 3.8) is 0 Å². The Kier molecular flexibility index (Phi) is 4.51. The van der Waals surface area contributed by atoms with E-state index in [1.54, 1.807) is 0 Å². The summed E-state index contributed by atoms with van der Waals surface area (Å²) in [4.78, 5) is 0. The first kappa shape index (κ1) is 15.6. The molecule has 1 unspecified atom stereocenters. The molecular formula is C17H25N5O2. The van der Waals surface area contributed by atoms with Crippen LogP contribution in [-0.2, 0) is 18.3 Å². The second kappa shape index (κ2) is 6.93. The van der Waals surface area contributed by atoms with Gasteiger partial charge in [-0.3, -0.25) is 4.68 Å². The van der Waals surface area contributed by atoms with Crippen LogP contribution in [0.5, 0.6) is 0 Å². The van der Waals surface area contributed by atoms with Crippen molar-refractivity contribution in [1.29, 1.82) is 0 Å². The van der Waals surface area contributed by atoms with Gasteiger partial charge >= 0.3 is 6.01 Å². The van der Waals surface area contributed by atoms with Crippen LogP contribution in [-0.4, -0.2) is 26.6 Å². The van der Waals surface area contributed by atoms with Gasteiger partial charge in [0.2, 0.25) is 5.89 Å². The zero-order valence-electron chi connectivity index (χ0n) is 14.2. The SMILES string of the molecule is Cn1cc(CNc2nnc(C3CCCO3)o2)c(C2CCCCC2)n1. The van der Waals surface area contributed by atoms with Crippen molar-refractivity contribution < 1.29 is 9.15 Å². The number of ether oxygens (including phenoxy) is 1. The molecule has 1 aliphatic carbocycles. The van der Waals surface area contributed by atoms with E-state index in [2.05, 4.69) is 21.7 Å². The number of nitrogens with one attached hydrogen (secondary N) is 1. The van der Waals surface area contributed by atoms with Gasteiger partial charge < -0.3 is 14.5 Å². The Morgan fingerprint density at radius 2 is 2.04 bits per heavy atom. The average molecular weight is 331 g/mol. The van der Waals surface area contributed by atoms with Gasteiger partial charge in [-0.2, -0.15) is 5.10 Å². The van der Waals surface area contributed by atoms with Gasteiger partial charge in [-0.25, -0.2) is 0 Å². The van der Waals surface area contributed by atoms with Crippen LogP contribution in [0.1, 0.15) is 74.1 Å². The van der Waals surface area contributed by atoms with Gasteiger partial charge in [0.25, 0.3) is 0 Å². The third-order valence-electron chi connectivity index (χ3n) is 5.00. The molecule has 1 saturated carbocycles. The van der Waals surface area contributed by atoms with E-state index >= 15 is 0 Å². The monoisotopic (exact) mass is 331 g/mol. The zero-order valence-corrected chi connectivity index (χ0v) is 14.2. The lowest BCUT2D eigenvalue weighted by Gasteiger charge is -2.20. The van der Waals surface area contributed by atoms with Gasteiger partial charge in [0, 0.05) is 37.9 Å². The first-order chi connectivity index (χ1) is 11.8. The Bertz CT molecular complexity index is 668. The van der Waals surface area contributed by atoms with E-state index in [4.69, 9.17) is 14.3 Å². The molecule has 7 heteroatoms. The van der Waals surface area contributed by atoms with Gasteiger partial charge in [-0.1, -0.05) is 24.4 Å². The normalized spacial score (nSPS) is 22.1. The van der Waals surface area contributed by atoms with Crippen LogP contribution in [0, 0.1) is 0 Å². The van der Waals surface area contributed by atoms with Crippen LogP contribution < -0.4 is 5.32 Å². The van der Waals surface area contributed by atoms with E-state index in [0.29, 0.717) is 24.4 Å². The summed E-state index contributed by atoms with van der Waals surface area (Å²) in [7, 11) is 1.98. The molecule has 24 heavy (non-hydrogen) atoms.